The van der Waals surface area contributed by atoms with Crippen LogP contribution in [-0.4, -0.2) is 45.4 Å². The minimum Gasteiger partial charge on any atom is -0.317 e. The number of nitrogens with zero attached hydrogens (tertiary/aromatic N) is 1. The van der Waals surface area contributed by atoms with Crippen LogP contribution < -0.4 is 10.0 Å². The van der Waals surface area contributed by atoms with Crippen LogP contribution in [0, 0.1) is 11.8 Å². The van der Waals surface area contributed by atoms with Gasteiger partial charge in [0, 0.05) is 19.6 Å². The van der Waals surface area contributed by atoms with Crippen molar-refractivity contribution in [2.75, 3.05) is 32.7 Å². The number of hydrogen-bond donors (Lipinski definition) is 2. The largest absolute Gasteiger partial charge is 0.317 e. The van der Waals surface area contributed by atoms with Gasteiger partial charge in [-0.15, -0.1) is 0 Å². The van der Waals surface area contributed by atoms with Crippen molar-refractivity contribution in [2.45, 2.75) is 40.0 Å². The maximum atomic E-state index is 12.1. The van der Waals surface area contributed by atoms with Gasteiger partial charge in [0.15, 0.2) is 0 Å². The second kappa shape index (κ2) is 8.19. The Kier molecular flexibility index (Phi) is 7.28. The van der Waals surface area contributed by atoms with Crippen LogP contribution in [0.25, 0.3) is 0 Å². The van der Waals surface area contributed by atoms with Crippen molar-refractivity contribution < 1.29 is 8.42 Å². The Labute approximate surface area is 118 Å². The maximum absolute atomic E-state index is 12.1. The molecule has 0 amide bonds. The summed E-state index contributed by atoms with van der Waals surface area (Å²) >= 11 is 0. The van der Waals surface area contributed by atoms with Crippen molar-refractivity contribution in [1.29, 1.82) is 0 Å². The molecular weight excluding hydrogens is 262 g/mol. The molecule has 1 heterocycles. The van der Waals surface area contributed by atoms with Gasteiger partial charge in [-0.2, -0.15) is 12.7 Å². The Morgan fingerprint density at radius 1 is 1.26 bits per heavy atom. The molecule has 0 radical (unpaired) electrons. The summed E-state index contributed by atoms with van der Waals surface area (Å²) in [6.07, 6.45) is 2.80. The molecule has 6 heteroatoms. The van der Waals surface area contributed by atoms with Crippen LogP contribution in [-0.2, 0) is 10.2 Å². The van der Waals surface area contributed by atoms with E-state index >= 15 is 0 Å². The molecule has 0 atom stereocenters. The maximum Gasteiger partial charge on any atom is 0.279 e. The van der Waals surface area contributed by atoms with Crippen molar-refractivity contribution in [2.24, 2.45) is 11.8 Å². The average Bonchev–Trinajstić information content (AvgIpc) is 2.36. The lowest BCUT2D eigenvalue weighted by Crippen LogP contribution is -2.46. The predicted molar refractivity (Wildman–Crippen MR) is 79.2 cm³/mol. The molecule has 0 aromatic rings. The third-order valence-corrected chi connectivity index (χ3v) is 5.22. The van der Waals surface area contributed by atoms with Gasteiger partial charge in [-0.1, -0.05) is 20.8 Å². The van der Waals surface area contributed by atoms with Gasteiger partial charge in [0.25, 0.3) is 10.2 Å². The molecule has 5 nitrogen and oxygen atoms in total. The topological polar surface area (TPSA) is 61.4 Å². The first-order valence-electron chi connectivity index (χ1n) is 7.41. The van der Waals surface area contributed by atoms with E-state index in [0.29, 0.717) is 31.5 Å². The first kappa shape index (κ1) is 16.9. The van der Waals surface area contributed by atoms with Crippen molar-refractivity contribution >= 4 is 10.2 Å². The fraction of sp³-hybridized carbons (Fsp3) is 1.00. The summed E-state index contributed by atoms with van der Waals surface area (Å²) in [6.45, 7) is 10.1. The summed E-state index contributed by atoms with van der Waals surface area (Å²) in [5.41, 5.74) is 0. The Hall–Kier alpha value is -0.170. The molecular formula is C13H29N3O2S. The van der Waals surface area contributed by atoms with Crippen molar-refractivity contribution in [1.82, 2.24) is 14.3 Å². The van der Waals surface area contributed by atoms with E-state index in [1.165, 1.54) is 0 Å². The Morgan fingerprint density at radius 2 is 1.89 bits per heavy atom. The smallest absolute Gasteiger partial charge is 0.279 e. The van der Waals surface area contributed by atoms with Gasteiger partial charge in [0.1, 0.15) is 0 Å². The van der Waals surface area contributed by atoms with Crippen molar-refractivity contribution in [3.8, 4) is 0 Å². The summed E-state index contributed by atoms with van der Waals surface area (Å²) in [7, 11) is -3.26. The summed E-state index contributed by atoms with van der Waals surface area (Å²) in [5, 5.41) is 3.33. The molecule has 2 N–H and O–H groups in total. The van der Waals surface area contributed by atoms with E-state index in [2.05, 4.69) is 30.8 Å². The van der Waals surface area contributed by atoms with E-state index in [1.54, 1.807) is 4.31 Å². The molecule has 0 spiro atoms. The van der Waals surface area contributed by atoms with Crippen LogP contribution in [0.5, 0.6) is 0 Å². The minimum absolute atomic E-state index is 0.522. The summed E-state index contributed by atoms with van der Waals surface area (Å²) in [4.78, 5) is 0. The quantitative estimate of drug-likeness (QED) is 0.706. The first-order chi connectivity index (χ1) is 8.95. The second-order valence-electron chi connectivity index (χ2n) is 5.73. The van der Waals surface area contributed by atoms with Gasteiger partial charge in [-0.3, -0.25) is 0 Å². The van der Waals surface area contributed by atoms with Gasteiger partial charge in [0.05, 0.1) is 0 Å². The Morgan fingerprint density at radius 3 is 2.42 bits per heavy atom. The highest BCUT2D eigenvalue weighted by Crippen LogP contribution is 2.18. The number of rotatable bonds is 8. The normalized spacial score (nSPS) is 19.2. The van der Waals surface area contributed by atoms with Gasteiger partial charge in [0.2, 0.25) is 0 Å². The Balaban J connectivity index is 2.32. The van der Waals surface area contributed by atoms with E-state index in [1.807, 2.05) is 0 Å². The van der Waals surface area contributed by atoms with E-state index in [9.17, 15) is 8.42 Å². The number of nitrogens with one attached hydrogen (secondary N) is 2. The zero-order chi connectivity index (χ0) is 14.3. The van der Waals surface area contributed by atoms with Gasteiger partial charge >= 0.3 is 0 Å². The standard InChI is InChI=1S/C13H29N3O2S/c1-4-14-11-13-6-9-16(10-7-13)19(17,18)15-8-5-12(2)3/h12-15H,4-11H2,1-3H3. The summed E-state index contributed by atoms with van der Waals surface area (Å²) in [6, 6.07) is 0. The van der Waals surface area contributed by atoms with Crippen LogP contribution in [0.1, 0.15) is 40.0 Å². The molecule has 1 aliphatic rings. The van der Waals surface area contributed by atoms with E-state index in [0.717, 1.165) is 32.4 Å². The molecule has 0 aliphatic carbocycles. The Bertz CT molecular complexity index is 336. The number of hydrogen-bond acceptors (Lipinski definition) is 3. The fourth-order valence-electron chi connectivity index (χ4n) is 2.27. The third kappa shape index (κ3) is 6.21. The molecule has 19 heavy (non-hydrogen) atoms. The molecule has 1 fully saturated rings. The van der Waals surface area contributed by atoms with Crippen LogP contribution in [0.15, 0.2) is 0 Å². The highest BCUT2D eigenvalue weighted by Gasteiger charge is 2.27. The van der Waals surface area contributed by atoms with Gasteiger partial charge < -0.3 is 5.32 Å². The lowest BCUT2D eigenvalue weighted by Gasteiger charge is -2.31. The molecule has 1 rings (SSSR count). The number of piperidine rings is 1. The summed E-state index contributed by atoms with van der Waals surface area (Å²) in [5.74, 6) is 1.13. The second-order valence-corrected chi connectivity index (χ2v) is 7.49. The first-order valence-corrected chi connectivity index (χ1v) is 8.85. The SMILES string of the molecule is CCNCC1CCN(S(=O)(=O)NCCC(C)C)CC1. The van der Waals surface area contributed by atoms with Crippen molar-refractivity contribution in [3.63, 3.8) is 0 Å². The molecule has 1 saturated heterocycles. The van der Waals surface area contributed by atoms with Gasteiger partial charge in [-0.05, 0) is 44.2 Å². The van der Waals surface area contributed by atoms with Gasteiger partial charge in [-0.25, -0.2) is 4.72 Å². The fourth-order valence-corrected chi connectivity index (χ4v) is 3.52. The molecule has 114 valence electrons. The lowest BCUT2D eigenvalue weighted by molar-refractivity contribution is 0.266. The highest BCUT2D eigenvalue weighted by molar-refractivity contribution is 7.87. The third-order valence-electron chi connectivity index (χ3n) is 3.60. The highest BCUT2D eigenvalue weighted by atomic mass is 32.2. The zero-order valence-corrected chi connectivity index (χ0v) is 13.3. The van der Waals surface area contributed by atoms with Crippen molar-refractivity contribution in [3.05, 3.63) is 0 Å². The molecule has 0 saturated carbocycles. The van der Waals surface area contributed by atoms with Crippen LogP contribution >= 0.6 is 0 Å². The van der Waals surface area contributed by atoms with Crippen LogP contribution in [0.2, 0.25) is 0 Å². The molecule has 0 aromatic carbocycles. The zero-order valence-electron chi connectivity index (χ0n) is 12.5. The van der Waals surface area contributed by atoms with Crippen LogP contribution in [0.4, 0.5) is 0 Å². The van der Waals surface area contributed by atoms with E-state index < -0.39 is 10.2 Å². The predicted octanol–water partition coefficient (Wildman–Crippen LogP) is 1.19. The van der Waals surface area contributed by atoms with E-state index in [4.69, 9.17) is 0 Å². The molecule has 1 aliphatic heterocycles. The van der Waals surface area contributed by atoms with Crippen LogP contribution in [0.3, 0.4) is 0 Å². The minimum atomic E-state index is -3.26. The molecule has 0 aromatic heterocycles. The average molecular weight is 291 g/mol. The van der Waals surface area contributed by atoms with E-state index in [-0.39, 0.29) is 0 Å². The molecule has 0 bridgehead atoms. The monoisotopic (exact) mass is 291 g/mol. The lowest BCUT2D eigenvalue weighted by atomic mass is 9.98. The summed E-state index contributed by atoms with van der Waals surface area (Å²) < 4.78 is 28.5. The molecule has 0 unspecified atom stereocenters.